The van der Waals surface area contributed by atoms with E-state index in [-0.39, 0.29) is 0 Å². The quantitative estimate of drug-likeness (QED) is 0.0977. The lowest BCUT2D eigenvalue weighted by atomic mass is 10.1. The van der Waals surface area contributed by atoms with Crippen LogP contribution in [0.1, 0.15) is 188 Å². The van der Waals surface area contributed by atoms with Crippen molar-refractivity contribution in [2.75, 3.05) is 13.1 Å². The summed E-state index contributed by atoms with van der Waals surface area (Å²) in [6.45, 7) is 9.47. The van der Waals surface area contributed by atoms with E-state index in [4.69, 9.17) is 0 Å². The second kappa shape index (κ2) is 26.0. The minimum atomic E-state index is 0.642. The zero-order chi connectivity index (χ0) is 25.9. The Kier molecular flexibility index (Phi) is 24.1. The highest BCUT2D eigenvalue weighted by atomic mass is 15.4. The van der Waals surface area contributed by atoms with E-state index in [9.17, 15) is 0 Å². The molecule has 0 saturated heterocycles. The van der Waals surface area contributed by atoms with Crippen molar-refractivity contribution in [1.29, 1.82) is 0 Å². The number of rotatable bonds is 28. The second-order valence-electron chi connectivity index (χ2n) is 11.8. The lowest BCUT2D eigenvalue weighted by Gasteiger charge is -2.33. The third-order valence-electron chi connectivity index (χ3n) is 8.32. The molecule has 0 fully saturated rings. The summed E-state index contributed by atoms with van der Waals surface area (Å²) in [4.78, 5) is 5.40. The van der Waals surface area contributed by atoms with Crippen molar-refractivity contribution in [1.82, 2.24) is 9.80 Å². The Bertz CT molecular complexity index is 460. The van der Waals surface area contributed by atoms with E-state index >= 15 is 0 Å². The summed E-state index contributed by atoms with van der Waals surface area (Å²) in [5.74, 6) is 0. The molecule has 0 aromatic heterocycles. The highest BCUT2D eigenvalue weighted by molar-refractivity contribution is 4.97. The molecule has 0 radical (unpaired) electrons. The number of hydrogen-bond donors (Lipinski definition) is 0. The van der Waals surface area contributed by atoms with Crippen LogP contribution in [0.3, 0.4) is 0 Å². The molecular weight excluding hydrogens is 436 g/mol. The molecule has 0 aromatic carbocycles. The normalized spacial score (nSPS) is 15.5. The van der Waals surface area contributed by atoms with Crippen molar-refractivity contribution in [2.45, 2.75) is 194 Å². The van der Waals surface area contributed by atoms with Gasteiger partial charge in [-0.15, -0.1) is 0 Å². The van der Waals surface area contributed by atoms with Gasteiger partial charge in [-0.1, -0.05) is 162 Å². The van der Waals surface area contributed by atoms with Gasteiger partial charge in [0, 0.05) is 25.5 Å². The van der Waals surface area contributed by atoms with E-state index in [0.29, 0.717) is 6.17 Å². The Morgan fingerprint density at radius 3 is 0.972 bits per heavy atom. The van der Waals surface area contributed by atoms with Gasteiger partial charge in [0.05, 0.1) is 0 Å². The fourth-order valence-corrected chi connectivity index (χ4v) is 5.83. The number of hydrogen-bond acceptors (Lipinski definition) is 2. The third-order valence-corrected chi connectivity index (χ3v) is 8.32. The average molecular weight is 505 g/mol. The van der Waals surface area contributed by atoms with Crippen LogP contribution in [-0.2, 0) is 0 Å². The van der Waals surface area contributed by atoms with E-state index in [1.165, 1.54) is 180 Å². The molecule has 1 rings (SSSR count). The molecule has 1 aliphatic heterocycles. The SMILES string of the molecule is CCCCCCCCCCCCN1C=CN(CCCCCCCCCCC)C1CCCCCCCC. The van der Waals surface area contributed by atoms with Crippen molar-refractivity contribution in [3.63, 3.8) is 0 Å². The monoisotopic (exact) mass is 505 g/mol. The van der Waals surface area contributed by atoms with E-state index in [1.54, 1.807) is 0 Å². The first-order valence-electron chi connectivity index (χ1n) is 17.0. The summed E-state index contributed by atoms with van der Waals surface area (Å²) >= 11 is 0. The van der Waals surface area contributed by atoms with Gasteiger partial charge >= 0.3 is 0 Å². The summed E-state index contributed by atoms with van der Waals surface area (Å²) in [7, 11) is 0. The Morgan fingerprint density at radius 2 is 0.639 bits per heavy atom. The second-order valence-corrected chi connectivity index (χ2v) is 11.8. The van der Waals surface area contributed by atoms with E-state index in [2.05, 4.69) is 43.0 Å². The Balaban J connectivity index is 2.23. The lowest BCUT2D eigenvalue weighted by molar-refractivity contribution is 0.135. The minimum Gasteiger partial charge on any atom is -0.356 e. The highest BCUT2D eigenvalue weighted by Gasteiger charge is 2.24. The van der Waals surface area contributed by atoms with Gasteiger partial charge in [0.25, 0.3) is 0 Å². The molecule has 0 aromatic rings. The average Bonchev–Trinajstić information content (AvgIpc) is 3.27. The third kappa shape index (κ3) is 18.6. The molecular formula is C34H68N2. The fourth-order valence-electron chi connectivity index (χ4n) is 5.83. The lowest BCUT2D eigenvalue weighted by Crippen LogP contribution is -2.39. The van der Waals surface area contributed by atoms with Crippen LogP contribution in [0.15, 0.2) is 12.4 Å². The van der Waals surface area contributed by atoms with Crippen LogP contribution in [0.2, 0.25) is 0 Å². The minimum absolute atomic E-state index is 0.642. The van der Waals surface area contributed by atoms with Crippen LogP contribution in [0.5, 0.6) is 0 Å². The van der Waals surface area contributed by atoms with Gasteiger partial charge in [0.15, 0.2) is 0 Å². The van der Waals surface area contributed by atoms with E-state index in [0.717, 1.165) is 0 Å². The first kappa shape index (κ1) is 33.4. The standard InChI is InChI=1S/C34H68N2/c1-4-7-10-13-16-18-20-22-25-28-31-36-33-32-35(34(36)29-26-23-15-12-9-6-3)30-27-24-21-19-17-14-11-8-5-2/h32-34H,4-31H2,1-3H3. The van der Waals surface area contributed by atoms with Crippen LogP contribution >= 0.6 is 0 Å². The maximum Gasteiger partial charge on any atom is 0.101 e. The van der Waals surface area contributed by atoms with Crippen LogP contribution in [-0.4, -0.2) is 29.1 Å². The molecule has 1 aliphatic rings. The van der Waals surface area contributed by atoms with E-state index < -0.39 is 0 Å². The van der Waals surface area contributed by atoms with Crippen LogP contribution in [0.4, 0.5) is 0 Å². The topological polar surface area (TPSA) is 6.48 Å². The maximum absolute atomic E-state index is 2.70. The van der Waals surface area contributed by atoms with Crippen molar-refractivity contribution in [3.05, 3.63) is 12.4 Å². The Labute approximate surface area is 229 Å². The molecule has 0 aliphatic carbocycles. The summed E-state index contributed by atoms with van der Waals surface area (Å²) in [6, 6.07) is 0. The Morgan fingerprint density at radius 1 is 0.361 bits per heavy atom. The zero-order valence-corrected chi connectivity index (χ0v) is 25.4. The van der Waals surface area contributed by atoms with Crippen molar-refractivity contribution in [3.8, 4) is 0 Å². The summed E-state index contributed by atoms with van der Waals surface area (Å²) in [5.41, 5.74) is 0. The first-order chi connectivity index (χ1) is 17.8. The predicted molar refractivity (Wildman–Crippen MR) is 163 cm³/mol. The van der Waals surface area contributed by atoms with Crippen molar-refractivity contribution in [2.24, 2.45) is 0 Å². The first-order valence-corrected chi connectivity index (χ1v) is 17.0. The Hall–Kier alpha value is -0.660. The molecule has 214 valence electrons. The van der Waals surface area contributed by atoms with Crippen LogP contribution in [0, 0.1) is 0 Å². The molecule has 0 saturated carbocycles. The largest absolute Gasteiger partial charge is 0.356 e. The zero-order valence-electron chi connectivity index (χ0n) is 25.4. The van der Waals surface area contributed by atoms with Crippen molar-refractivity contribution < 1.29 is 0 Å². The molecule has 2 heteroatoms. The van der Waals surface area contributed by atoms with Crippen LogP contribution < -0.4 is 0 Å². The van der Waals surface area contributed by atoms with Gasteiger partial charge in [-0.25, -0.2) is 0 Å². The maximum atomic E-state index is 2.70. The molecule has 1 heterocycles. The molecule has 0 N–H and O–H groups in total. The number of nitrogens with zero attached hydrogens (tertiary/aromatic N) is 2. The van der Waals surface area contributed by atoms with E-state index in [1.807, 2.05) is 0 Å². The predicted octanol–water partition coefficient (Wildman–Crippen LogP) is 11.6. The molecule has 1 atom stereocenters. The van der Waals surface area contributed by atoms with Crippen LogP contribution in [0.25, 0.3) is 0 Å². The van der Waals surface area contributed by atoms with Gasteiger partial charge in [-0.05, 0) is 25.7 Å². The molecule has 0 amide bonds. The van der Waals surface area contributed by atoms with Gasteiger partial charge in [-0.3, -0.25) is 0 Å². The molecule has 0 bridgehead atoms. The molecule has 1 unspecified atom stereocenters. The van der Waals surface area contributed by atoms with Gasteiger partial charge < -0.3 is 9.80 Å². The van der Waals surface area contributed by atoms with Gasteiger partial charge in [0.1, 0.15) is 6.17 Å². The van der Waals surface area contributed by atoms with Gasteiger partial charge in [0.2, 0.25) is 0 Å². The smallest absolute Gasteiger partial charge is 0.101 e. The molecule has 2 nitrogen and oxygen atoms in total. The summed E-state index contributed by atoms with van der Waals surface area (Å²) in [5, 5.41) is 0. The summed E-state index contributed by atoms with van der Waals surface area (Å²) in [6.07, 6.45) is 42.5. The molecule has 36 heavy (non-hydrogen) atoms. The fraction of sp³-hybridized carbons (Fsp3) is 0.941. The number of unbranched alkanes of at least 4 members (excludes halogenated alkanes) is 22. The molecule has 0 spiro atoms. The van der Waals surface area contributed by atoms with Gasteiger partial charge in [-0.2, -0.15) is 0 Å². The highest BCUT2D eigenvalue weighted by Crippen LogP contribution is 2.24. The van der Waals surface area contributed by atoms with Crippen molar-refractivity contribution >= 4 is 0 Å². The summed E-state index contributed by atoms with van der Waals surface area (Å²) < 4.78 is 0.